The van der Waals surface area contributed by atoms with Gasteiger partial charge in [-0.25, -0.2) is 4.79 Å². The molecule has 2 amide bonds. The molecule has 0 aromatic heterocycles. The molecule has 1 aliphatic rings. The molecule has 0 spiro atoms. The van der Waals surface area contributed by atoms with Crippen LogP contribution in [0, 0.1) is 5.92 Å². The Morgan fingerprint density at radius 3 is 2.58 bits per heavy atom. The van der Waals surface area contributed by atoms with Gasteiger partial charge in [0.1, 0.15) is 11.8 Å². The van der Waals surface area contributed by atoms with Crippen molar-refractivity contribution < 1.29 is 29.0 Å². The number of carboxylic acids is 1. The van der Waals surface area contributed by atoms with Crippen molar-refractivity contribution in [3.8, 4) is 5.75 Å². The Kier molecular flexibility index (Phi) is 5.97. The van der Waals surface area contributed by atoms with Crippen molar-refractivity contribution in [2.24, 2.45) is 5.92 Å². The summed E-state index contributed by atoms with van der Waals surface area (Å²) in [6.45, 7) is 4.72. The average molecular weight is 362 g/mol. The summed E-state index contributed by atoms with van der Waals surface area (Å²) in [5.74, 6) is -1.85. The van der Waals surface area contributed by atoms with E-state index in [1.54, 1.807) is 32.0 Å². The van der Waals surface area contributed by atoms with Crippen molar-refractivity contribution in [3.05, 3.63) is 23.8 Å². The molecule has 0 saturated carbocycles. The first-order valence-corrected chi connectivity index (χ1v) is 8.31. The fourth-order valence-electron chi connectivity index (χ4n) is 2.64. The van der Waals surface area contributed by atoms with Crippen LogP contribution in [0.5, 0.6) is 5.75 Å². The number of anilines is 1. The van der Waals surface area contributed by atoms with Crippen molar-refractivity contribution in [1.82, 2.24) is 5.32 Å². The molecule has 26 heavy (non-hydrogen) atoms. The lowest BCUT2D eigenvalue weighted by atomic mass is 10.0. The first kappa shape index (κ1) is 19.4. The molecule has 1 aromatic rings. The fourth-order valence-corrected chi connectivity index (χ4v) is 2.64. The van der Waals surface area contributed by atoms with E-state index in [1.807, 2.05) is 0 Å². The molecule has 1 aromatic carbocycles. The number of Topliss-reactive ketones (excluding diaryl/α,β-unsaturated/α-hetero) is 1. The first-order valence-electron chi connectivity index (χ1n) is 8.31. The van der Waals surface area contributed by atoms with Gasteiger partial charge in [-0.2, -0.15) is 0 Å². The van der Waals surface area contributed by atoms with E-state index in [0.29, 0.717) is 17.0 Å². The number of hydrogen-bond donors (Lipinski definition) is 2. The van der Waals surface area contributed by atoms with E-state index in [1.165, 1.54) is 11.8 Å². The highest BCUT2D eigenvalue weighted by atomic mass is 16.5. The Hall–Kier alpha value is -2.90. The molecule has 0 radical (unpaired) electrons. The Morgan fingerprint density at radius 1 is 1.31 bits per heavy atom. The van der Waals surface area contributed by atoms with Gasteiger partial charge in [0.15, 0.2) is 12.4 Å². The van der Waals surface area contributed by atoms with E-state index < -0.39 is 17.9 Å². The molecule has 1 aliphatic heterocycles. The molecule has 8 heteroatoms. The number of hydrogen-bond acceptors (Lipinski definition) is 5. The lowest BCUT2D eigenvalue weighted by molar-refractivity contribution is -0.143. The molecular weight excluding hydrogens is 340 g/mol. The topological polar surface area (TPSA) is 113 Å². The second kappa shape index (κ2) is 7.99. The molecule has 0 saturated heterocycles. The van der Waals surface area contributed by atoms with Crippen LogP contribution in [-0.2, 0) is 14.4 Å². The lowest BCUT2D eigenvalue weighted by Crippen LogP contribution is -2.46. The van der Waals surface area contributed by atoms with Gasteiger partial charge in [0.05, 0.1) is 5.69 Å². The number of aliphatic carboxylic acids is 1. The largest absolute Gasteiger partial charge is 0.482 e. The maximum absolute atomic E-state index is 12.2. The highest BCUT2D eigenvalue weighted by Gasteiger charge is 2.28. The van der Waals surface area contributed by atoms with Gasteiger partial charge in [-0.1, -0.05) is 13.8 Å². The number of ether oxygens (including phenoxy) is 1. The summed E-state index contributed by atoms with van der Waals surface area (Å²) in [5, 5.41) is 11.6. The highest BCUT2D eigenvalue weighted by Crippen LogP contribution is 2.33. The summed E-state index contributed by atoms with van der Waals surface area (Å²) < 4.78 is 5.35. The first-order chi connectivity index (χ1) is 12.2. The zero-order valence-electron chi connectivity index (χ0n) is 14.9. The van der Waals surface area contributed by atoms with Crippen LogP contribution in [0.1, 0.15) is 37.6 Å². The molecule has 0 fully saturated rings. The van der Waals surface area contributed by atoms with E-state index in [9.17, 15) is 19.2 Å². The minimum absolute atomic E-state index is 0.0623. The maximum atomic E-state index is 12.2. The average Bonchev–Trinajstić information content (AvgIpc) is 2.57. The van der Waals surface area contributed by atoms with Gasteiger partial charge >= 0.3 is 5.97 Å². The van der Waals surface area contributed by atoms with Gasteiger partial charge in [0, 0.05) is 18.5 Å². The van der Waals surface area contributed by atoms with Crippen LogP contribution in [0.4, 0.5) is 5.69 Å². The standard InChI is InChI=1S/C18H22N2O6/c1-10(2)17(18(24)25)19-15(22)6-7-20-13-8-12(11(3)21)4-5-14(13)26-9-16(20)23/h4-5,8,10,17H,6-7,9H2,1-3H3,(H,19,22)(H,24,25). The molecule has 1 heterocycles. The number of amides is 2. The van der Waals surface area contributed by atoms with Crippen molar-refractivity contribution in [2.75, 3.05) is 18.1 Å². The number of benzene rings is 1. The molecule has 140 valence electrons. The van der Waals surface area contributed by atoms with E-state index in [2.05, 4.69) is 5.32 Å². The van der Waals surface area contributed by atoms with Gasteiger partial charge in [0.2, 0.25) is 5.91 Å². The zero-order valence-corrected chi connectivity index (χ0v) is 14.9. The molecule has 1 atom stereocenters. The Labute approximate surface area is 151 Å². The van der Waals surface area contributed by atoms with Gasteiger partial charge < -0.3 is 20.1 Å². The third kappa shape index (κ3) is 4.38. The quantitative estimate of drug-likeness (QED) is 0.706. The van der Waals surface area contributed by atoms with Crippen molar-refractivity contribution in [1.29, 1.82) is 0 Å². The normalized spacial score (nSPS) is 14.5. The van der Waals surface area contributed by atoms with Crippen LogP contribution in [0.15, 0.2) is 18.2 Å². The minimum Gasteiger partial charge on any atom is -0.482 e. The number of carbonyl (C=O) groups is 4. The van der Waals surface area contributed by atoms with Crippen LogP contribution >= 0.6 is 0 Å². The molecule has 2 N–H and O–H groups in total. The lowest BCUT2D eigenvalue weighted by Gasteiger charge is -2.29. The Balaban J connectivity index is 2.11. The number of fused-ring (bicyclic) bond motifs is 1. The number of carboxylic acid groups (broad SMARTS) is 1. The Morgan fingerprint density at radius 2 is 2.00 bits per heavy atom. The van der Waals surface area contributed by atoms with Crippen LogP contribution in [-0.4, -0.2) is 47.9 Å². The maximum Gasteiger partial charge on any atom is 0.326 e. The number of ketones is 1. The minimum atomic E-state index is -1.10. The van der Waals surface area contributed by atoms with Gasteiger partial charge in [-0.05, 0) is 31.0 Å². The number of rotatable bonds is 7. The van der Waals surface area contributed by atoms with Gasteiger partial charge in [0.25, 0.3) is 5.91 Å². The van der Waals surface area contributed by atoms with Crippen LogP contribution in [0.3, 0.4) is 0 Å². The van der Waals surface area contributed by atoms with Crippen LogP contribution in [0.2, 0.25) is 0 Å². The summed E-state index contributed by atoms with van der Waals surface area (Å²) in [7, 11) is 0. The summed E-state index contributed by atoms with van der Waals surface area (Å²) in [6, 6.07) is 3.80. The molecule has 1 unspecified atom stereocenters. The van der Waals surface area contributed by atoms with Crippen molar-refractivity contribution in [2.45, 2.75) is 33.2 Å². The predicted molar refractivity (Wildman–Crippen MR) is 93.3 cm³/mol. The Bertz CT molecular complexity index is 743. The van der Waals surface area contributed by atoms with Crippen LogP contribution < -0.4 is 15.0 Å². The fraction of sp³-hybridized carbons (Fsp3) is 0.444. The van der Waals surface area contributed by atoms with Crippen molar-refractivity contribution in [3.63, 3.8) is 0 Å². The SMILES string of the molecule is CC(=O)c1ccc2c(c1)N(CCC(=O)NC(C(=O)O)C(C)C)C(=O)CO2. The summed E-state index contributed by atoms with van der Waals surface area (Å²) >= 11 is 0. The molecular formula is C18H22N2O6. The van der Waals surface area contributed by atoms with E-state index in [0.717, 1.165) is 0 Å². The van der Waals surface area contributed by atoms with Gasteiger partial charge in [-0.3, -0.25) is 14.4 Å². The number of nitrogens with one attached hydrogen (secondary N) is 1. The van der Waals surface area contributed by atoms with E-state index in [4.69, 9.17) is 9.84 Å². The zero-order chi connectivity index (χ0) is 19.4. The van der Waals surface area contributed by atoms with E-state index >= 15 is 0 Å². The van der Waals surface area contributed by atoms with E-state index in [-0.39, 0.29) is 37.2 Å². The molecule has 0 aliphatic carbocycles. The van der Waals surface area contributed by atoms with Crippen molar-refractivity contribution >= 4 is 29.3 Å². The molecule has 0 bridgehead atoms. The third-order valence-electron chi connectivity index (χ3n) is 4.12. The highest BCUT2D eigenvalue weighted by molar-refractivity contribution is 6.01. The number of carbonyl (C=O) groups excluding carboxylic acids is 3. The molecule has 8 nitrogen and oxygen atoms in total. The van der Waals surface area contributed by atoms with Gasteiger partial charge in [-0.15, -0.1) is 0 Å². The summed E-state index contributed by atoms with van der Waals surface area (Å²) in [5.41, 5.74) is 0.864. The molecule has 2 rings (SSSR count). The van der Waals surface area contributed by atoms with Crippen LogP contribution in [0.25, 0.3) is 0 Å². The number of nitrogens with zero attached hydrogens (tertiary/aromatic N) is 1. The summed E-state index contributed by atoms with van der Waals surface area (Å²) in [4.78, 5) is 48.4. The monoisotopic (exact) mass is 362 g/mol. The second-order valence-corrected chi connectivity index (χ2v) is 6.45. The second-order valence-electron chi connectivity index (χ2n) is 6.45. The summed E-state index contributed by atoms with van der Waals surface area (Å²) in [6.07, 6.45) is -0.0635. The third-order valence-corrected chi connectivity index (χ3v) is 4.12. The smallest absolute Gasteiger partial charge is 0.326 e. The predicted octanol–water partition coefficient (Wildman–Crippen LogP) is 1.23.